The first-order chi connectivity index (χ1) is 8.90. The molecule has 7 nitrogen and oxygen atoms in total. The summed E-state index contributed by atoms with van der Waals surface area (Å²) in [6.07, 6.45) is 1.02. The van der Waals surface area contributed by atoms with Crippen molar-refractivity contribution in [2.24, 2.45) is 0 Å². The third-order valence-electron chi connectivity index (χ3n) is 1.85. The van der Waals surface area contributed by atoms with Crippen molar-refractivity contribution in [2.45, 2.75) is 26.4 Å². The molecule has 1 amide bonds. The van der Waals surface area contributed by atoms with E-state index < -0.39 is 11.7 Å². The van der Waals surface area contributed by atoms with Crippen molar-refractivity contribution in [2.75, 3.05) is 18.4 Å². The average molecular weight is 263 g/mol. The van der Waals surface area contributed by atoms with Gasteiger partial charge in [-0.3, -0.25) is 0 Å². The van der Waals surface area contributed by atoms with Crippen molar-refractivity contribution >= 4 is 12.0 Å². The fourth-order valence-electron chi connectivity index (χ4n) is 1.16. The molecule has 1 heterocycles. The molecule has 0 fully saturated rings. The summed E-state index contributed by atoms with van der Waals surface area (Å²) in [4.78, 5) is 19.2. The van der Waals surface area contributed by atoms with Gasteiger partial charge in [-0.1, -0.05) is 0 Å². The van der Waals surface area contributed by atoms with Crippen molar-refractivity contribution < 1.29 is 9.53 Å². The Kier molecular flexibility index (Phi) is 5.06. The van der Waals surface area contributed by atoms with Gasteiger partial charge in [0.15, 0.2) is 0 Å². The van der Waals surface area contributed by atoms with E-state index in [-0.39, 0.29) is 5.69 Å². The van der Waals surface area contributed by atoms with Crippen LogP contribution in [0.4, 0.5) is 10.7 Å². The molecular formula is C12H17N5O2. The first-order valence-electron chi connectivity index (χ1n) is 5.84. The maximum Gasteiger partial charge on any atom is 0.407 e. The van der Waals surface area contributed by atoms with Crippen molar-refractivity contribution in [1.29, 1.82) is 5.26 Å². The predicted octanol–water partition coefficient (Wildman–Crippen LogP) is 1.28. The Morgan fingerprint density at radius 2 is 2.21 bits per heavy atom. The third kappa shape index (κ3) is 6.21. The molecule has 1 rings (SSSR count). The van der Waals surface area contributed by atoms with Gasteiger partial charge in [-0.15, -0.1) is 0 Å². The van der Waals surface area contributed by atoms with Crippen LogP contribution >= 0.6 is 0 Å². The van der Waals surface area contributed by atoms with Crippen LogP contribution in [0.5, 0.6) is 0 Å². The fraction of sp³-hybridized carbons (Fsp3) is 0.500. The highest BCUT2D eigenvalue weighted by atomic mass is 16.6. The number of nitriles is 1. The number of hydrogen-bond acceptors (Lipinski definition) is 6. The monoisotopic (exact) mass is 263 g/mol. The van der Waals surface area contributed by atoms with E-state index >= 15 is 0 Å². The molecule has 0 aliphatic carbocycles. The SMILES string of the molecule is CC(C)(C)OC(=O)NCCNc1nccc(C#N)n1. The summed E-state index contributed by atoms with van der Waals surface area (Å²) in [7, 11) is 0. The zero-order chi connectivity index (χ0) is 14.3. The zero-order valence-corrected chi connectivity index (χ0v) is 11.2. The normalized spacial score (nSPS) is 10.4. The van der Waals surface area contributed by atoms with Gasteiger partial charge in [-0.25, -0.2) is 14.8 Å². The number of nitrogens with zero attached hydrogens (tertiary/aromatic N) is 3. The molecular weight excluding hydrogens is 246 g/mol. The molecule has 1 aromatic heterocycles. The predicted molar refractivity (Wildman–Crippen MR) is 69.5 cm³/mol. The number of ether oxygens (including phenoxy) is 1. The second-order valence-corrected chi connectivity index (χ2v) is 4.73. The van der Waals surface area contributed by atoms with E-state index in [0.717, 1.165) is 0 Å². The first-order valence-corrected chi connectivity index (χ1v) is 5.84. The average Bonchev–Trinajstić information content (AvgIpc) is 2.33. The van der Waals surface area contributed by atoms with Gasteiger partial charge in [0, 0.05) is 19.3 Å². The van der Waals surface area contributed by atoms with Gasteiger partial charge < -0.3 is 15.4 Å². The number of aromatic nitrogens is 2. The van der Waals surface area contributed by atoms with E-state index in [2.05, 4.69) is 20.6 Å². The molecule has 19 heavy (non-hydrogen) atoms. The van der Waals surface area contributed by atoms with E-state index in [1.165, 1.54) is 12.3 Å². The molecule has 1 aromatic rings. The van der Waals surface area contributed by atoms with Crippen LogP contribution in [-0.2, 0) is 4.74 Å². The molecule has 0 aliphatic rings. The second kappa shape index (κ2) is 6.54. The first kappa shape index (κ1) is 14.7. The molecule has 102 valence electrons. The second-order valence-electron chi connectivity index (χ2n) is 4.73. The minimum Gasteiger partial charge on any atom is -0.444 e. The summed E-state index contributed by atoms with van der Waals surface area (Å²) in [5.41, 5.74) is -0.223. The van der Waals surface area contributed by atoms with Crippen molar-refractivity contribution in [3.63, 3.8) is 0 Å². The maximum atomic E-state index is 11.3. The van der Waals surface area contributed by atoms with Crippen molar-refractivity contribution in [1.82, 2.24) is 15.3 Å². The van der Waals surface area contributed by atoms with Crippen molar-refractivity contribution in [3.8, 4) is 6.07 Å². The Morgan fingerprint density at radius 3 is 2.84 bits per heavy atom. The van der Waals surface area contributed by atoms with Crippen LogP contribution in [-0.4, -0.2) is 34.8 Å². The number of nitrogens with one attached hydrogen (secondary N) is 2. The van der Waals surface area contributed by atoms with Gasteiger partial charge in [0.1, 0.15) is 17.4 Å². The number of carbonyl (C=O) groups excluding carboxylic acids is 1. The quantitative estimate of drug-likeness (QED) is 0.794. The minimum atomic E-state index is -0.512. The summed E-state index contributed by atoms with van der Waals surface area (Å²) in [5.74, 6) is 0.352. The van der Waals surface area contributed by atoms with Crippen LogP contribution in [0.3, 0.4) is 0 Å². The lowest BCUT2D eigenvalue weighted by atomic mass is 10.2. The molecule has 0 unspecified atom stereocenters. The van der Waals surface area contributed by atoms with Crippen LogP contribution < -0.4 is 10.6 Å². The van der Waals surface area contributed by atoms with Gasteiger partial charge in [0.2, 0.25) is 5.95 Å². The van der Waals surface area contributed by atoms with Gasteiger partial charge in [-0.2, -0.15) is 5.26 Å². The van der Waals surface area contributed by atoms with Crippen LogP contribution in [0.1, 0.15) is 26.5 Å². The summed E-state index contributed by atoms with van der Waals surface area (Å²) in [5, 5.41) is 14.2. The van der Waals surface area contributed by atoms with E-state index in [0.29, 0.717) is 19.0 Å². The molecule has 0 radical (unpaired) electrons. The number of hydrogen-bond donors (Lipinski definition) is 2. The standard InChI is InChI=1S/C12H17N5O2/c1-12(2,3)19-11(18)16-7-6-15-10-14-5-4-9(8-13)17-10/h4-5H,6-7H2,1-3H3,(H,16,18)(H,14,15,17). The molecule has 7 heteroatoms. The fourth-order valence-corrected chi connectivity index (χ4v) is 1.16. The maximum absolute atomic E-state index is 11.3. The van der Waals surface area contributed by atoms with E-state index in [4.69, 9.17) is 10.00 Å². The molecule has 0 atom stereocenters. The lowest BCUT2D eigenvalue weighted by molar-refractivity contribution is 0.0530. The highest BCUT2D eigenvalue weighted by molar-refractivity contribution is 5.67. The summed E-state index contributed by atoms with van der Waals surface area (Å²) in [6, 6.07) is 3.44. The van der Waals surface area contributed by atoms with E-state index in [1.54, 1.807) is 20.8 Å². The molecule has 0 spiro atoms. The molecule has 0 aliphatic heterocycles. The zero-order valence-electron chi connectivity index (χ0n) is 11.2. The summed E-state index contributed by atoms with van der Waals surface area (Å²) in [6.45, 7) is 6.20. The largest absolute Gasteiger partial charge is 0.444 e. The van der Waals surface area contributed by atoms with E-state index in [9.17, 15) is 4.79 Å². The number of alkyl carbamates (subject to hydrolysis) is 1. The van der Waals surface area contributed by atoms with Crippen LogP contribution in [0.25, 0.3) is 0 Å². The molecule has 0 saturated carbocycles. The number of rotatable bonds is 4. The van der Waals surface area contributed by atoms with Gasteiger partial charge >= 0.3 is 6.09 Å². The molecule has 2 N–H and O–H groups in total. The van der Waals surface area contributed by atoms with Gasteiger partial charge in [0.05, 0.1) is 0 Å². The lowest BCUT2D eigenvalue weighted by Crippen LogP contribution is -2.35. The lowest BCUT2D eigenvalue weighted by Gasteiger charge is -2.19. The van der Waals surface area contributed by atoms with Crippen LogP contribution in [0, 0.1) is 11.3 Å². The van der Waals surface area contributed by atoms with Crippen LogP contribution in [0.2, 0.25) is 0 Å². The topological polar surface area (TPSA) is 99.9 Å². The molecule has 0 aromatic carbocycles. The number of amides is 1. The van der Waals surface area contributed by atoms with Crippen LogP contribution in [0.15, 0.2) is 12.3 Å². The smallest absolute Gasteiger partial charge is 0.407 e. The Morgan fingerprint density at radius 1 is 1.47 bits per heavy atom. The molecule has 0 saturated heterocycles. The summed E-state index contributed by atoms with van der Waals surface area (Å²) < 4.78 is 5.07. The number of anilines is 1. The Balaban J connectivity index is 2.28. The Hall–Kier alpha value is -2.36. The van der Waals surface area contributed by atoms with Gasteiger partial charge in [-0.05, 0) is 26.8 Å². The highest BCUT2D eigenvalue weighted by Crippen LogP contribution is 2.06. The van der Waals surface area contributed by atoms with E-state index in [1.807, 2.05) is 6.07 Å². The highest BCUT2D eigenvalue weighted by Gasteiger charge is 2.15. The Bertz CT molecular complexity index is 476. The van der Waals surface area contributed by atoms with Crippen molar-refractivity contribution in [3.05, 3.63) is 18.0 Å². The minimum absolute atomic E-state index is 0.289. The molecule has 0 bridgehead atoms. The Labute approximate surface area is 112 Å². The third-order valence-corrected chi connectivity index (χ3v) is 1.85. The number of carbonyl (C=O) groups is 1. The van der Waals surface area contributed by atoms with Gasteiger partial charge in [0.25, 0.3) is 0 Å². The summed E-state index contributed by atoms with van der Waals surface area (Å²) >= 11 is 0.